The van der Waals surface area contributed by atoms with E-state index in [4.69, 9.17) is 20.8 Å². The Kier molecular flexibility index (Phi) is 7.09. The van der Waals surface area contributed by atoms with Crippen LogP contribution < -0.4 is 10.4 Å². The van der Waals surface area contributed by atoms with E-state index in [0.29, 0.717) is 54.5 Å². The summed E-state index contributed by atoms with van der Waals surface area (Å²) < 4.78 is 11.5. The number of likely N-dealkylation sites (tertiary alicyclic amines) is 1. The van der Waals surface area contributed by atoms with Crippen LogP contribution in [0.3, 0.4) is 0 Å². The summed E-state index contributed by atoms with van der Waals surface area (Å²) in [6.45, 7) is 3.39. The Hall–Kier alpha value is -2.83. The second-order valence-corrected chi connectivity index (χ2v) is 10.6. The molecule has 3 aromatic rings. The second kappa shape index (κ2) is 10.3. The Labute approximate surface area is 215 Å². The quantitative estimate of drug-likeness (QED) is 0.449. The van der Waals surface area contributed by atoms with Gasteiger partial charge in [-0.3, -0.25) is 4.79 Å². The average Bonchev–Trinajstić information content (AvgIpc) is 2.87. The largest absolute Gasteiger partial charge is 0.489 e. The Bertz CT molecular complexity index is 1330. The molecule has 7 heteroatoms. The first-order valence-corrected chi connectivity index (χ1v) is 13.1. The summed E-state index contributed by atoms with van der Waals surface area (Å²) in [6.07, 6.45) is 5.20. The number of aryl methyl sites for hydroxylation is 1. The summed E-state index contributed by atoms with van der Waals surface area (Å²) in [5.41, 5.74) is 1.66. The highest BCUT2D eigenvalue weighted by Crippen LogP contribution is 2.40. The summed E-state index contributed by atoms with van der Waals surface area (Å²) in [5.74, 6) is 0.774. The van der Waals surface area contributed by atoms with E-state index in [1.807, 2.05) is 48.2 Å². The molecule has 0 unspecified atom stereocenters. The maximum absolute atomic E-state index is 13.0. The molecule has 2 aliphatic rings. The molecule has 190 valence electrons. The van der Waals surface area contributed by atoms with Gasteiger partial charge in [-0.1, -0.05) is 42.6 Å². The first kappa shape index (κ1) is 24.8. The Morgan fingerprint density at radius 1 is 1.22 bits per heavy atom. The summed E-state index contributed by atoms with van der Waals surface area (Å²) in [6, 6.07) is 12.9. The van der Waals surface area contributed by atoms with Crippen LogP contribution in [0, 0.1) is 12.8 Å². The van der Waals surface area contributed by atoms with Gasteiger partial charge in [-0.2, -0.15) is 0 Å². The van der Waals surface area contributed by atoms with E-state index in [-0.39, 0.29) is 18.2 Å². The van der Waals surface area contributed by atoms with Crippen LogP contribution >= 0.6 is 11.6 Å². The maximum atomic E-state index is 13.0. The zero-order valence-corrected chi connectivity index (χ0v) is 21.4. The van der Waals surface area contributed by atoms with Crippen LogP contribution in [0.15, 0.2) is 51.7 Å². The summed E-state index contributed by atoms with van der Waals surface area (Å²) in [5, 5.41) is 12.4. The minimum Gasteiger partial charge on any atom is -0.489 e. The van der Waals surface area contributed by atoms with Crippen molar-refractivity contribution in [1.29, 1.82) is 0 Å². The number of rotatable bonds is 6. The van der Waals surface area contributed by atoms with Crippen LogP contribution in [-0.4, -0.2) is 34.6 Å². The molecule has 1 aromatic heterocycles. The van der Waals surface area contributed by atoms with Crippen molar-refractivity contribution in [1.82, 2.24) is 4.90 Å². The lowest BCUT2D eigenvalue weighted by Gasteiger charge is -2.47. The van der Waals surface area contributed by atoms with Gasteiger partial charge in [0.05, 0.1) is 5.60 Å². The summed E-state index contributed by atoms with van der Waals surface area (Å²) >= 11 is 6.20. The molecule has 5 rings (SSSR count). The lowest BCUT2D eigenvalue weighted by Crippen LogP contribution is -2.54. The SMILES string of the molecule is Cc1c(CCC(=O)N2CC[C@@]3(O)CCCC[C@H]3C2)c(=O)oc2cc(OCc3ccccc3Cl)ccc12. The minimum absolute atomic E-state index is 0.0323. The number of carbonyl (C=O) groups excluding carboxylic acids is 1. The maximum Gasteiger partial charge on any atom is 0.339 e. The van der Waals surface area contributed by atoms with Crippen LogP contribution in [0.5, 0.6) is 5.75 Å². The van der Waals surface area contributed by atoms with Crippen LogP contribution in [0.4, 0.5) is 0 Å². The van der Waals surface area contributed by atoms with E-state index >= 15 is 0 Å². The lowest BCUT2D eigenvalue weighted by atomic mass is 9.71. The third kappa shape index (κ3) is 5.02. The number of hydrogen-bond acceptors (Lipinski definition) is 5. The average molecular weight is 510 g/mol. The van der Waals surface area contributed by atoms with E-state index in [1.54, 1.807) is 6.07 Å². The third-order valence-corrected chi connectivity index (χ3v) is 8.35. The monoisotopic (exact) mass is 509 g/mol. The molecule has 0 radical (unpaired) electrons. The molecule has 0 spiro atoms. The predicted molar refractivity (Wildman–Crippen MR) is 139 cm³/mol. The van der Waals surface area contributed by atoms with Crippen molar-refractivity contribution in [2.75, 3.05) is 13.1 Å². The fourth-order valence-electron chi connectivity index (χ4n) is 5.72. The van der Waals surface area contributed by atoms with Gasteiger partial charge in [0.25, 0.3) is 0 Å². The number of halogens is 1. The highest BCUT2D eigenvalue weighted by Gasteiger charge is 2.43. The van der Waals surface area contributed by atoms with Crippen molar-refractivity contribution < 1.29 is 19.1 Å². The number of ether oxygens (including phenoxy) is 1. The zero-order chi connectivity index (χ0) is 25.3. The molecule has 1 N–H and O–H groups in total. The van der Waals surface area contributed by atoms with Gasteiger partial charge in [-0.15, -0.1) is 0 Å². The Morgan fingerprint density at radius 2 is 2.06 bits per heavy atom. The molecule has 2 atom stereocenters. The van der Waals surface area contributed by atoms with E-state index in [2.05, 4.69) is 0 Å². The fourth-order valence-corrected chi connectivity index (χ4v) is 5.91. The Morgan fingerprint density at radius 3 is 2.89 bits per heavy atom. The van der Waals surface area contributed by atoms with E-state index < -0.39 is 11.2 Å². The fraction of sp³-hybridized carbons (Fsp3) is 0.448. The second-order valence-electron chi connectivity index (χ2n) is 10.2. The molecule has 36 heavy (non-hydrogen) atoms. The number of piperidine rings is 1. The summed E-state index contributed by atoms with van der Waals surface area (Å²) in [4.78, 5) is 27.7. The number of benzene rings is 2. The van der Waals surface area contributed by atoms with Gasteiger partial charge >= 0.3 is 5.63 Å². The van der Waals surface area contributed by atoms with Gasteiger partial charge < -0.3 is 19.2 Å². The molecular weight excluding hydrogens is 478 g/mol. The summed E-state index contributed by atoms with van der Waals surface area (Å²) in [7, 11) is 0. The van der Waals surface area contributed by atoms with Crippen molar-refractivity contribution in [3.63, 3.8) is 0 Å². The van der Waals surface area contributed by atoms with E-state index in [1.165, 1.54) is 0 Å². The normalized spacial score (nSPS) is 21.9. The standard InChI is InChI=1S/C29H32ClNO5/c1-19-23-10-9-22(35-18-20-6-2-3-8-25(20)30)16-26(23)36-28(33)24(19)11-12-27(32)31-15-14-29(34)13-5-4-7-21(29)17-31/h2-3,6,8-10,16,21,34H,4-5,7,11-15,17-18H2,1H3/t21-,29-/m0/s1. The van der Waals surface area contributed by atoms with Gasteiger partial charge in [0.15, 0.2) is 0 Å². The Balaban J connectivity index is 1.26. The van der Waals surface area contributed by atoms with E-state index in [0.717, 1.165) is 42.2 Å². The smallest absolute Gasteiger partial charge is 0.339 e. The number of amides is 1. The van der Waals surface area contributed by atoms with Crippen LogP contribution in [0.1, 0.15) is 55.2 Å². The molecule has 1 saturated heterocycles. The molecule has 2 aromatic carbocycles. The first-order chi connectivity index (χ1) is 17.3. The molecule has 6 nitrogen and oxygen atoms in total. The van der Waals surface area contributed by atoms with Gasteiger partial charge in [0.2, 0.25) is 5.91 Å². The van der Waals surface area contributed by atoms with E-state index in [9.17, 15) is 14.7 Å². The highest BCUT2D eigenvalue weighted by atomic mass is 35.5. The minimum atomic E-state index is -0.610. The predicted octanol–water partition coefficient (Wildman–Crippen LogP) is 5.42. The number of hydrogen-bond donors (Lipinski definition) is 1. The molecule has 2 heterocycles. The van der Waals surface area contributed by atoms with Gasteiger partial charge in [0, 0.05) is 53.0 Å². The molecule has 1 amide bonds. The van der Waals surface area contributed by atoms with Gasteiger partial charge in [-0.05, 0) is 56.4 Å². The van der Waals surface area contributed by atoms with Crippen molar-refractivity contribution in [2.45, 2.75) is 64.1 Å². The number of aliphatic hydroxyl groups is 1. The molecule has 1 aliphatic heterocycles. The highest BCUT2D eigenvalue weighted by molar-refractivity contribution is 6.31. The zero-order valence-electron chi connectivity index (χ0n) is 20.6. The van der Waals surface area contributed by atoms with Crippen molar-refractivity contribution >= 4 is 28.5 Å². The van der Waals surface area contributed by atoms with Crippen molar-refractivity contribution in [3.8, 4) is 5.75 Å². The van der Waals surface area contributed by atoms with Gasteiger partial charge in [0.1, 0.15) is 17.9 Å². The number of fused-ring (bicyclic) bond motifs is 2. The third-order valence-electron chi connectivity index (χ3n) is 7.98. The van der Waals surface area contributed by atoms with Crippen molar-refractivity contribution in [3.05, 3.63) is 74.6 Å². The van der Waals surface area contributed by atoms with Crippen LogP contribution in [0.2, 0.25) is 5.02 Å². The molecule has 0 bridgehead atoms. The number of nitrogens with zero attached hydrogens (tertiary/aromatic N) is 1. The number of carbonyl (C=O) groups is 1. The van der Waals surface area contributed by atoms with Crippen LogP contribution in [0.25, 0.3) is 11.0 Å². The van der Waals surface area contributed by atoms with Crippen molar-refractivity contribution in [2.24, 2.45) is 5.92 Å². The van der Waals surface area contributed by atoms with Gasteiger partial charge in [-0.25, -0.2) is 4.79 Å². The molecular formula is C29H32ClNO5. The van der Waals surface area contributed by atoms with Crippen LogP contribution in [-0.2, 0) is 17.8 Å². The lowest BCUT2D eigenvalue weighted by molar-refractivity contribution is -0.143. The molecule has 1 saturated carbocycles. The first-order valence-electron chi connectivity index (χ1n) is 12.8. The topological polar surface area (TPSA) is 80.0 Å². The molecule has 2 fully saturated rings. The molecule has 1 aliphatic carbocycles.